The summed E-state index contributed by atoms with van der Waals surface area (Å²) in [6.45, 7) is 1.88. The summed E-state index contributed by atoms with van der Waals surface area (Å²) >= 11 is 3.38. The topological polar surface area (TPSA) is 42.4 Å². The van der Waals surface area contributed by atoms with Gasteiger partial charge in [-0.25, -0.2) is 0 Å². The Kier molecular flexibility index (Phi) is 5.56. The number of rotatable bonds is 6. The molecule has 2 rings (SSSR count). The lowest BCUT2D eigenvalue weighted by Crippen LogP contribution is -2.29. The molecule has 0 bridgehead atoms. The fraction of sp³-hybridized carbons (Fsp3) is 0.312. The van der Waals surface area contributed by atoms with Crippen LogP contribution in [-0.2, 0) is 6.42 Å². The van der Waals surface area contributed by atoms with Gasteiger partial charge >= 0.3 is 0 Å². The molecule has 20 heavy (non-hydrogen) atoms. The van der Waals surface area contributed by atoms with Gasteiger partial charge in [0.05, 0.1) is 6.10 Å². The largest absolute Gasteiger partial charge is 0.488 e. The number of benzene rings is 1. The summed E-state index contributed by atoms with van der Waals surface area (Å²) in [5, 5.41) is 10.1. The molecule has 1 heterocycles. The van der Waals surface area contributed by atoms with E-state index in [1.165, 1.54) is 0 Å². The number of halogens is 1. The van der Waals surface area contributed by atoms with E-state index in [0.717, 1.165) is 22.2 Å². The zero-order valence-electron chi connectivity index (χ0n) is 11.4. The van der Waals surface area contributed by atoms with Gasteiger partial charge in [-0.3, -0.25) is 4.98 Å². The van der Waals surface area contributed by atoms with E-state index < -0.39 is 6.10 Å². The van der Waals surface area contributed by atoms with Crippen molar-refractivity contribution in [2.45, 2.75) is 32.0 Å². The van der Waals surface area contributed by atoms with E-state index >= 15 is 0 Å². The van der Waals surface area contributed by atoms with Crippen LogP contribution in [0.5, 0.6) is 5.75 Å². The number of ether oxygens (including phenoxy) is 1. The molecule has 0 aliphatic heterocycles. The molecular weight excluding hydrogens is 318 g/mol. The fourth-order valence-corrected chi connectivity index (χ4v) is 2.17. The maximum Gasteiger partial charge on any atom is 0.122 e. The number of aliphatic hydroxyl groups excluding tert-OH is 1. The molecule has 3 nitrogen and oxygen atoms in total. The van der Waals surface area contributed by atoms with Crippen LogP contribution >= 0.6 is 15.9 Å². The van der Waals surface area contributed by atoms with E-state index in [0.29, 0.717) is 6.42 Å². The highest BCUT2D eigenvalue weighted by molar-refractivity contribution is 9.10. The average molecular weight is 336 g/mol. The van der Waals surface area contributed by atoms with Crippen LogP contribution in [0, 0.1) is 0 Å². The Hall–Kier alpha value is -1.39. The third-order valence-electron chi connectivity index (χ3n) is 3.13. The second kappa shape index (κ2) is 7.41. The monoisotopic (exact) mass is 335 g/mol. The number of nitrogens with zero attached hydrogens (tertiary/aromatic N) is 1. The summed E-state index contributed by atoms with van der Waals surface area (Å²) in [7, 11) is 0. The molecule has 4 heteroatoms. The highest BCUT2D eigenvalue weighted by Gasteiger charge is 2.15. The predicted octanol–water partition coefficient (Wildman–Crippen LogP) is 3.61. The summed E-state index contributed by atoms with van der Waals surface area (Å²) in [6.07, 6.45) is 4.28. The summed E-state index contributed by atoms with van der Waals surface area (Å²) in [6, 6.07) is 11.5. The van der Waals surface area contributed by atoms with Crippen molar-refractivity contribution in [1.29, 1.82) is 0 Å². The van der Waals surface area contributed by atoms with Gasteiger partial charge in [-0.1, -0.05) is 22.0 Å². The molecule has 2 aromatic rings. The molecule has 1 aromatic heterocycles. The first-order valence-electron chi connectivity index (χ1n) is 6.64. The van der Waals surface area contributed by atoms with Gasteiger partial charge in [0.25, 0.3) is 0 Å². The molecule has 1 aromatic carbocycles. The molecule has 1 N–H and O–H groups in total. The fourth-order valence-electron chi connectivity index (χ4n) is 1.90. The Balaban J connectivity index is 1.82. The van der Waals surface area contributed by atoms with E-state index in [1.807, 2.05) is 49.5 Å². The number of hydrogen-bond donors (Lipinski definition) is 1. The third-order valence-corrected chi connectivity index (χ3v) is 3.66. The Labute approximate surface area is 127 Å². The maximum atomic E-state index is 10.1. The van der Waals surface area contributed by atoms with Gasteiger partial charge < -0.3 is 9.84 Å². The summed E-state index contributed by atoms with van der Waals surface area (Å²) in [4.78, 5) is 4.07. The number of aryl methyl sites for hydroxylation is 1. The SMILES string of the molecule is C[C@@H](Oc1ccc(Br)cc1)[C@@H](O)CCc1cccnc1. The smallest absolute Gasteiger partial charge is 0.122 e. The van der Waals surface area contributed by atoms with E-state index in [1.54, 1.807) is 6.20 Å². The van der Waals surface area contributed by atoms with Crippen LogP contribution in [0.3, 0.4) is 0 Å². The molecule has 0 amide bonds. The number of pyridine rings is 1. The summed E-state index contributed by atoms with van der Waals surface area (Å²) in [5.74, 6) is 0.765. The molecule has 0 saturated carbocycles. The molecular formula is C16H18BrNO2. The van der Waals surface area contributed by atoms with E-state index in [-0.39, 0.29) is 6.10 Å². The lowest BCUT2D eigenvalue weighted by molar-refractivity contribution is 0.0420. The van der Waals surface area contributed by atoms with Gasteiger partial charge in [-0.2, -0.15) is 0 Å². The summed E-state index contributed by atoms with van der Waals surface area (Å²) < 4.78 is 6.74. The zero-order chi connectivity index (χ0) is 14.4. The second-order valence-corrected chi connectivity index (χ2v) is 5.66. The standard InChI is InChI=1S/C16H18BrNO2/c1-12(20-15-7-5-14(17)6-8-15)16(19)9-4-13-3-2-10-18-11-13/h2-3,5-8,10-12,16,19H,4,9H2,1H3/t12-,16+/m1/s1. The lowest BCUT2D eigenvalue weighted by Gasteiger charge is -2.20. The van der Waals surface area contributed by atoms with Gasteiger partial charge in [-0.05, 0) is 55.7 Å². The second-order valence-electron chi connectivity index (χ2n) is 4.74. The first-order valence-corrected chi connectivity index (χ1v) is 7.43. The quantitative estimate of drug-likeness (QED) is 0.876. The van der Waals surface area contributed by atoms with Gasteiger partial charge in [0.15, 0.2) is 0 Å². The average Bonchev–Trinajstić information content (AvgIpc) is 2.48. The Morgan fingerprint density at radius 2 is 2.00 bits per heavy atom. The minimum atomic E-state index is -0.501. The van der Waals surface area contributed by atoms with Gasteiger partial charge in [0.1, 0.15) is 11.9 Å². The predicted molar refractivity (Wildman–Crippen MR) is 82.8 cm³/mol. The molecule has 0 aliphatic carbocycles. The van der Waals surface area contributed by atoms with Crippen LogP contribution in [0.15, 0.2) is 53.3 Å². The van der Waals surface area contributed by atoms with Crippen molar-refractivity contribution >= 4 is 15.9 Å². The Bertz CT molecular complexity index is 516. The highest BCUT2D eigenvalue weighted by atomic mass is 79.9. The minimum Gasteiger partial charge on any atom is -0.488 e. The highest BCUT2D eigenvalue weighted by Crippen LogP contribution is 2.19. The van der Waals surface area contributed by atoms with Crippen molar-refractivity contribution in [3.63, 3.8) is 0 Å². The van der Waals surface area contributed by atoms with Crippen LogP contribution in [0.4, 0.5) is 0 Å². The number of hydrogen-bond acceptors (Lipinski definition) is 3. The van der Waals surface area contributed by atoms with Crippen LogP contribution < -0.4 is 4.74 Å². The van der Waals surface area contributed by atoms with Gasteiger partial charge in [0, 0.05) is 16.9 Å². The lowest BCUT2D eigenvalue weighted by atomic mass is 10.1. The van der Waals surface area contributed by atoms with Crippen molar-refractivity contribution in [2.75, 3.05) is 0 Å². The molecule has 0 fully saturated rings. The number of aromatic nitrogens is 1. The van der Waals surface area contributed by atoms with Crippen LogP contribution in [-0.4, -0.2) is 22.3 Å². The molecule has 0 unspecified atom stereocenters. The van der Waals surface area contributed by atoms with Crippen LogP contribution in [0.1, 0.15) is 18.9 Å². The van der Waals surface area contributed by atoms with E-state index in [2.05, 4.69) is 20.9 Å². The van der Waals surface area contributed by atoms with E-state index in [9.17, 15) is 5.11 Å². The van der Waals surface area contributed by atoms with Crippen molar-refractivity contribution in [1.82, 2.24) is 4.98 Å². The van der Waals surface area contributed by atoms with Crippen molar-refractivity contribution < 1.29 is 9.84 Å². The van der Waals surface area contributed by atoms with E-state index in [4.69, 9.17) is 4.74 Å². The number of aliphatic hydroxyl groups is 1. The Morgan fingerprint density at radius 3 is 2.65 bits per heavy atom. The first kappa shape index (κ1) is 15.0. The molecule has 0 radical (unpaired) electrons. The molecule has 0 aliphatic rings. The van der Waals surface area contributed by atoms with Crippen LogP contribution in [0.25, 0.3) is 0 Å². The molecule has 0 spiro atoms. The minimum absolute atomic E-state index is 0.243. The van der Waals surface area contributed by atoms with Gasteiger partial charge in [0.2, 0.25) is 0 Å². The zero-order valence-corrected chi connectivity index (χ0v) is 13.0. The molecule has 2 atom stereocenters. The third kappa shape index (κ3) is 4.62. The normalized spacial score (nSPS) is 13.8. The Morgan fingerprint density at radius 1 is 1.25 bits per heavy atom. The van der Waals surface area contributed by atoms with Crippen molar-refractivity contribution in [2.24, 2.45) is 0 Å². The van der Waals surface area contributed by atoms with Crippen molar-refractivity contribution in [3.8, 4) is 5.75 Å². The first-order chi connectivity index (χ1) is 9.65. The molecule has 106 valence electrons. The van der Waals surface area contributed by atoms with Gasteiger partial charge in [-0.15, -0.1) is 0 Å². The van der Waals surface area contributed by atoms with Crippen molar-refractivity contribution in [3.05, 3.63) is 58.8 Å². The molecule has 0 saturated heterocycles. The van der Waals surface area contributed by atoms with Crippen LogP contribution in [0.2, 0.25) is 0 Å². The maximum absolute atomic E-state index is 10.1. The summed E-state index contributed by atoms with van der Waals surface area (Å²) in [5.41, 5.74) is 1.13.